The SMILES string of the molecule is O=C=NC(=O)CCC1CCCO1. The van der Waals surface area contributed by atoms with Crippen LogP contribution in [0.1, 0.15) is 25.7 Å². The van der Waals surface area contributed by atoms with E-state index in [0.29, 0.717) is 12.8 Å². The molecular weight excluding hydrogens is 158 g/mol. The van der Waals surface area contributed by atoms with Crippen molar-refractivity contribution in [2.75, 3.05) is 6.61 Å². The normalized spacial score (nSPS) is 21.8. The van der Waals surface area contributed by atoms with Crippen molar-refractivity contribution in [1.29, 1.82) is 0 Å². The van der Waals surface area contributed by atoms with Gasteiger partial charge in [0.25, 0.3) is 5.91 Å². The van der Waals surface area contributed by atoms with Crippen molar-refractivity contribution in [3.05, 3.63) is 0 Å². The molecular formula is C8H11NO3. The molecule has 1 unspecified atom stereocenters. The summed E-state index contributed by atoms with van der Waals surface area (Å²) in [4.78, 5) is 23.4. The number of carbonyl (C=O) groups excluding carboxylic acids is 2. The number of rotatable bonds is 3. The summed E-state index contributed by atoms with van der Waals surface area (Å²) in [5.74, 6) is -0.402. The zero-order valence-electron chi connectivity index (χ0n) is 6.78. The highest BCUT2D eigenvalue weighted by Crippen LogP contribution is 2.16. The maximum absolute atomic E-state index is 10.7. The molecule has 0 radical (unpaired) electrons. The van der Waals surface area contributed by atoms with Crippen LogP contribution in [0.25, 0.3) is 0 Å². The number of aliphatic imine (C=N–C) groups is 1. The van der Waals surface area contributed by atoms with Crippen LogP contribution >= 0.6 is 0 Å². The Morgan fingerprint density at radius 3 is 3.08 bits per heavy atom. The summed E-state index contributed by atoms with van der Waals surface area (Å²) in [6.07, 6.45) is 4.46. The second-order valence-corrected chi connectivity index (χ2v) is 2.77. The van der Waals surface area contributed by atoms with Gasteiger partial charge >= 0.3 is 0 Å². The minimum atomic E-state index is -0.402. The number of hydrogen-bond donors (Lipinski definition) is 0. The van der Waals surface area contributed by atoms with E-state index >= 15 is 0 Å². The summed E-state index contributed by atoms with van der Waals surface area (Å²) >= 11 is 0. The first-order valence-electron chi connectivity index (χ1n) is 4.05. The van der Waals surface area contributed by atoms with Gasteiger partial charge in [-0.2, -0.15) is 0 Å². The van der Waals surface area contributed by atoms with Gasteiger partial charge in [-0.05, 0) is 19.3 Å². The molecule has 0 saturated carbocycles. The molecule has 1 saturated heterocycles. The first-order chi connectivity index (χ1) is 5.83. The number of isocyanates is 1. The minimum absolute atomic E-state index is 0.191. The Morgan fingerprint density at radius 2 is 2.50 bits per heavy atom. The Kier molecular flexibility index (Phi) is 3.64. The van der Waals surface area contributed by atoms with Crippen molar-refractivity contribution >= 4 is 12.0 Å². The van der Waals surface area contributed by atoms with Crippen molar-refractivity contribution in [2.24, 2.45) is 4.99 Å². The lowest BCUT2D eigenvalue weighted by molar-refractivity contribution is -0.118. The third kappa shape index (κ3) is 2.95. The summed E-state index contributed by atoms with van der Waals surface area (Å²) in [5.41, 5.74) is 0. The molecule has 0 aromatic rings. The van der Waals surface area contributed by atoms with E-state index in [9.17, 15) is 9.59 Å². The van der Waals surface area contributed by atoms with Crippen LogP contribution in [0.5, 0.6) is 0 Å². The van der Waals surface area contributed by atoms with Crippen LogP contribution in [0.4, 0.5) is 0 Å². The van der Waals surface area contributed by atoms with E-state index in [1.165, 1.54) is 6.08 Å². The van der Waals surface area contributed by atoms with E-state index < -0.39 is 5.91 Å². The van der Waals surface area contributed by atoms with Crippen molar-refractivity contribution in [3.8, 4) is 0 Å². The van der Waals surface area contributed by atoms with Gasteiger partial charge in [0.1, 0.15) is 0 Å². The molecule has 0 aromatic carbocycles. The van der Waals surface area contributed by atoms with Crippen LogP contribution in [-0.4, -0.2) is 24.7 Å². The predicted molar refractivity (Wildman–Crippen MR) is 41.3 cm³/mol. The highest BCUT2D eigenvalue weighted by atomic mass is 16.5. The highest BCUT2D eigenvalue weighted by Gasteiger charge is 2.16. The molecule has 4 heteroatoms. The molecule has 0 bridgehead atoms. The quantitative estimate of drug-likeness (QED) is 0.464. The zero-order valence-corrected chi connectivity index (χ0v) is 6.78. The number of amides is 1. The van der Waals surface area contributed by atoms with Gasteiger partial charge < -0.3 is 4.74 Å². The van der Waals surface area contributed by atoms with Gasteiger partial charge in [-0.25, -0.2) is 4.79 Å². The van der Waals surface area contributed by atoms with Gasteiger partial charge in [0.05, 0.1) is 6.10 Å². The number of carbonyl (C=O) groups is 1. The molecule has 12 heavy (non-hydrogen) atoms. The lowest BCUT2D eigenvalue weighted by atomic mass is 10.1. The maximum Gasteiger partial charge on any atom is 0.256 e. The van der Waals surface area contributed by atoms with E-state index in [1.54, 1.807) is 0 Å². The van der Waals surface area contributed by atoms with Gasteiger partial charge in [0, 0.05) is 13.0 Å². The van der Waals surface area contributed by atoms with Crippen LogP contribution in [-0.2, 0) is 14.3 Å². The van der Waals surface area contributed by atoms with Crippen molar-refractivity contribution in [1.82, 2.24) is 0 Å². The van der Waals surface area contributed by atoms with E-state index in [4.69, 9.17) is 4.74 Å². The average Bonchev–Trinajstić information content (AvgIpc) is 2.53. The highest BCUT2D eigenvalue weighted by molar-refractivity contribution is 5.81. The molecule has 1 heterocycles. The summed E-state index contributed by atoms with van der Waals surface area (Å²) < 4.78 is 5.29. The largest absolute Gasteiger partial charge is 0.378 e. The average molecular weight is 169 g/mol. The molecule has 4 nitrogen and oxygen atoms in total. The Bertz CT molecular complexity index is 202. The van der Waals surface area contributed by atoms with Crippen molar-refractivity contribution < 1.29 is 14.3 Å². The molecule has 1 aliphatic rings. The Morgan fingerprint density at radius 1 is 1.67 bits per heavy atom. The Labute approximate surface area is 70.6 Å². The van der Waals surface area contributed by atoms with E-state index in [2.05, 4.69) is 4.99 Å². The number of hydrogen-bond acceptors (Lipinski definition) is 3. The molecule has 66 valence electrons. The van der Waals surface area contributed by atoms with E-state index in [-0.39, 0.29) is 6.10 Å². The van der Waals surface area contributed by atoms with E-state index in [1.807, 2.05) is 0 Å². The maximum atomic E-state index is 10.7. The summed E-state index contributed by atoms with van der Waals surface area (Å²) in [6, 6.07) is 0. The Hall–Kier alpha value is -0.990. The van der Waals surface area contributed by atoms with Crippen molar-refractivity contribution in [2.45, 2.75) is 31.8 Å². The summed E-state index contributed by atoms with van der Waals surface area (Å²) in [7, 11) is 0. The van der Waals surface area contributed by atoms with Gasteiger partial charge in [-0.15, -0.1) is 4.99 Å². The Balaban J connectivity index is 2.15. The summed E-state index contributed by atoms with van der Waals surface area (Å²) in [5, 5.41) is 0. The van der Waals surface area contributed by atoms with Gasteiger partial charge in [0.15, 0.2) is 0 Å². The number of nitrogens with zero attached hydrogens (tertiary/aromatic N) is 1. The lowest BCUT2D eigenvalue weighted by Gasteiger charge is -2.05. The fraction of sp³-hybridized carbons (Fsp3) is 0.750. The molecule has 1 rings (SSSR count). The van der Waals surface area contributed by atoms with Crippen LogP contribution in [0.3, 0.4) is 0 Å². The van der Waals surface area contributed by atoms with Crippen LogP contribution < -0.4 is 0 Å². The molecule has 0 spiro atoms. The van der Waals surface area contributed by atoms with Gasteiger partial charge in [0.2, 0.25) is 6.08 Å². The lowest BCUT2D eigenvalue weighted by Crippen LogP contribution is -2.07. The predicted octanol–water partition coefficient (Wildman–Crippen LogP) is 0.808. The van der Waals surface area contributed by atoms with Crippen LogP contribution in [0.2, 0.25) is 0 Å². The molecule has 1 amide bonds. The molecule has 0 aromatic heterocycles. The molecule has 1 fully saturated rings. The second-order valence-electron chi connectivity index (χ2n) is 2.77. The smallest absolute Gasteiger partial charge is 0.256 e. The van der Waals surface area contributed by atoms with Crippen molar-refractivity contribution in [3.63, 3.8) is 0 Å². The number of ether oxygens (including phenoxy) is 1. The van der Waals surface area contributed by atoms with Crippen LogP contribution in [0.15, 0.2) is 4.99 Å². The van der Waals surface area contributed by atoms with Gasteiger partial charge in [-0.3, -0.25) is 4.79 Å². The first-order valence-corrected chi connectivity index (χ1v) is 4.05. The first kappa shape index (κ1) is 9.10. The summed E-state index contributed by atoms with van der Waals surface area (Å²) in [6.45, 7) is 0.788. The zero-order chi connectivity index (χ0) is 8.81. The fourth-order valence-corrected chi connectivity index (χ4v) is 1.26. The second kappa shape index (κ2) is 4.80. The third-order valence-corrected chi connectivity index (χ3v) is 1.87. The molecule has 1 aliphatic heterocycles. The molecule has 0 N–H and O–H groups in total. The standard InChI is InChI=1S/C8H11NO3/c10-6-9-8(11)4-3-7-2-1-5-12-7/h7H,1-5H2. The topological polar surface area (TPSA) is 55.7 Å². The van der Waals surface area contributed by atoms with Crippen LogP contribution in [0, 0.1) is 0 Å². The fourth-order valence-electron chi connectivity index (χ4n) is 1.26. The van der Waals surface area contributed by atoms with E-state index in [0.717, 1.165) is 19.4 Å². The molecule has 1 atom stereocenters. The minimum Gasteiger partial charge on any atom is -0.378 e. The third-order valence-electron chi connectivity index (χ3n) is 1.87. The molecule has 0 aliphatic carbocycles. The monoisotopic (exact) mass is 169 g/mol. The van der Waals surface area contributed by atoms with Gasteiger partial charge in [-0.1, -0.05) is 0 Å².